The van der Waals surface area contributed by atoms with E-state index in [9.17, 15) is 9.59 Å². The molecular formula is C20H26ClN3O5. The quantitative estimate of drug-likeness (QED) is 0.769. The fourth-order valence-corrected chi connectivity index (χ4v) is 3.08. The number of piperazine rings is 1. The van der Waals surface area contributed by atoms with Crippen LogP contribution in [0, 0.1) is 0 Å². The molecule has 1 N–H and O–H groups in total. The average Bonchev–Trinajstić information content (AvgIpc) is 3.25. The summed E-state index contributed by atoms with van der Waals surface area (Å²) in [6.45, 7) is 5.92. The standard InChI is InChI=1S/C20H25N3O5.ClH/c1-3-26-18-13-15(6-7-16(18)28-20(25)21-2)14-22-8-10-23(11-9-22)19(24)17-5-4-12-27-17;/h4-7,12-13H,3,8-11,14H2,1-2H3,(H,21,25);1H. The van der Waals surface area contributed by atoms with Crippen LogP contribution in [0.5, 0.6) is 11.5 Å². The second-order valence-electron chi connectivity index (χ2n) is 6.40. The number of nitrogens with zero attached hydrogens (tertiary/aromatic N) is 2. The van der Waals surface area contributed by atoms with Crippen LogP contribution in [0.1, 0.15) is 23.0 Å². The number of carbonyl (C=O) groups excluding carboxylic acids is 2. The Balaban J connectivity index is 0.00000300. The van der Waals surface area contributed by atoms with Crippen LogP contribution in [0.15, 0.2) is 41.0 Å². The van der Waals surface area contributed by atoms with Crippen LogP contribution in [-0.2, 0) is 6.54 Å². The number of halogens is 1. The van der Waals surface area contributed by atoms with Gasteiger partial charge in [-0.15, -0.1) is 12.4 Å². The maximum absolute atomic E-state index is 12.3. The number of ether oxygens (including phenoxy) is 2. The van der Waals surface area contributed by atoms with Crippen molar-refractivity contribution in [1.29, 1.82) is 0 Å². The van der Waals surface area contributed by atoms with Crippen LogP contribution in [0.25, 0.3) is 0 Å². The van der Waals surface area contributed by atoms with E-state index in [0.717, 1.165) is 25.2 Å². The normalized spacial score (nSPS) is 14.1. The first-order valence-corrected chi connectivity index (χ1v) is 9.31. The van der Waals surface area contributed by atoms with Gasteiger partial charge in [-0.3, -0.25) is 9.69 Å². The average molecular weight is 424 g/mol. The molecule has 9 heteroatoms. The summed E-state index contributed by atoms with van der Waals surface area (Å²) in [6, 6.07) is 8.96. The van der Waals surface area contributed by atoms with Gasteiger partial charge in [0.15, 0.2) is 17.3 Å². The van der Waals surface area contributed by atoms with E-state index in [1.165, 1.54) is 13.3 Å². The van der Waals surface area contributed by atoms with E-state index >= 15 is 0 Å². The van der Waals surface area contributed by atoms with Crippen molar-refractivity contribution < 1.29 is 23.5 Å². The molecule has 1 aromatic carbocycles. The second-order valence-corrected chi connectivity index (χ2v) is 6.40. The number of benzene rings is 1. The molecule has 0 saturated carbocycles. The Kier molecular flexibility index (Phi) is 8.35. The molecule has 1 saturated heterocycles. The van der Waals surface area contributed by atoms with Crippen molar-refractivity contribution in [3.8, 4) is 11.5 Å². The van der Waals surface area contributed by atoms with Crippen molar-refractivity contribution in [3.63, 3.8) is 0 Å². The number of furan rings is 1. The Hall–Kier alpha value is -2.71. The summed E-state index contributed by atoms with van der Waals surface area (Å²) in [5.41, 5.74) is 1.05. The minimum Gasteiger partial charge on any atom is -0.490 e. The van der Waals surface area contributed by atoms with Crippen LogP contribution in [-0.4, -0.2) is 61.6 Å². The number of hydrogen-bond donors (Lipinski definition) is 1. The summed E-state index contributed by atoms with van der Waals surface area (Å²) in [4.78, 5) is 27.9. The van der Waals surface area contributed by atoms with Crippen molar-refractivity contribution in [2.45, 2.75) is 13.5 Å². The Morgan fingerprint density at radius 2 is 1.90 bits per heavy atom. The zero-order chi connectivity index (χ0) is 19.9. The second kappa shape index (κ2) is 10.7. The van der Waals surface area contributed by atoms with Gasteiger partial charge < -0.3 is 24.1 Å². The highest BCUT2D eigenvalue weighted by molar-refractivity contribution is 5.91. The largest absolute Gasteiger partial charge is 0.490 e. The lowest BCUT2D eigenvalue weighted by Gasteiger charge is -2.34. The summed E-state index contributed by atoms with van der Waals surface area (Å²) >= 11 is 0. The molecule has 2 aromatic rings. The monoisotopic (exact) mass is 423 g/mol. The summed E-state index contributed by atoms with van der Waals surface area (Å²) in [7, 11) is 1.51. The molecule has 1 fully saturated rings. The molecule has 2 heterocycles. The molecule has 1 aliphatic rings. The fraction of sp³-hybridized carbons (Fsp3) is 0.400. The minimum atomic E-state index is -0.536. The van der Waals surface area contributed by atoms with Gasteiger partial charge in [0.25, 0.3) is 5.91 Å². The summed E-state index contributed by atoms with van der Waals surface area (Å²) < 4.78 is 16.0. The molecule has 0 radical (unpaired) electrons. The number of carbonyl (C=O) groups is 2. The lowest BCUT2D eigenvalue weighted by atomic mass is 10.1. The first-order chi connectivity index (χ1) is 13.6. The van der Waals surface area contributed by atoms with Gasteiger partial charge in [-0.2, -0.15) is 0 Å². The molecular weight excluding hydrogens is 398 g/mol. The molecule has 8 nitrogen and oxygen atoms in total. The van der Waals surface area contributed by atoms with Crippen molar-refractivity contribution in [3.05, 3.63) is 47.9 Å². The van der Waals surface area contributed by atoms with Gasteiger partial charge in [-0.05, 0) is 36.8 Å². The molecule has 3 rings (SSSR count). The highest BCUT2D eigenvalue weighted by Crippen LogP contribution is 2.29. The molecule has 2 amide bonds. The van der Waals surface area contributed by atoms with Crippen LogP contribution >= 0.6 is 12.4 Å². The molecule has 0 aliphatic carbocycles. The van der Waals surface area contributed by atoms with Crippen LogP contribution in [0.3, 0.4) is 0 Å². The number of hydrogen-bond acceptors (Lipinski definition) is 6. The van der Waals surface area contributed by atoms with Gasteiger partial charge in [-0.25, -0.2) is 4.79 Å². The van der Waals surface area contributed by atoms with Crippen molar-refractivity contribution in [2.24, 2.45) is 0 Å². The van der Waals surface area contributed by atoms with E-state index in [-0.39, 0.29) is 18.3 Å². The number of amides is 2. The smallest absolute Gasteiger partial charge is 0.412 e. The summed E-state index contributed by atoms with van der Waals surface area (Å²) in [5, 5.41) is 2.42. The zero-order valence-corrected chi connectivity index (χ0v) is 17.4. The lowest BCUT2D eigenvalue weighted by molar-refractivity contribution is 0.0597. The van der Waals surface area contributed by atoms with Gasteiger partial charge in [0.05, 0.1) is 12.9 Å². The van der Waals surface area contributed by atoms with Gasteiger partial charge >= 0.3 is 6.09 Å². The van der Waals surface area contributed by atoms with Gasteiger partial charge in [-0.1, -0.05) is 6.07 Å². The maximum Gasteiger partial charge on any atom is 0.412 e. The van der Waals surface area contributed by atoms with E-state index in [4.69, 9.17) is 13.9 Å². The van der Waals surface area contributed by atoms with E-state index in [0.29, 0.717) is 37.0 Å². The highest BCUT2D eigenvalue weighted by Gasteiger charge is 2.24. The molecule has 1 aliphatic heterocycles. The van der Waals surface area contributed by atoms with Crippen molar-refractivity contribution >= 4 is 24.4 Å². The molecule has 0 atom stereocenters. The molecule has 0 unspecified atom stereocenters. The van der Waals surface area contributed by atoms with E-state index in [1.54, 1.807) is 23.1 Å². The lowest BCUT2D eigenvalue weighted by Crippen LogP contribution is -2.48. The van der Waals surface area contributed by atoms with Crippen molar-refractivity contribution in [1.82, 2.24) is 15.1 Å². The van der Waals surface area contributed by atoms with Gasteiger partial charge in [0, 0.05) is 39.8 Å². The predicted octanol–water partition coefficient (Wildman–Crippen LogP) is 2.78. The molecule has 29 heavy (non-hydrogen) atoms. The zero-order valence-electron chi connectivity index (χ0n) is 16.6. The van der Waals surface area contributed by atoms with E-state index in [1.807, 2.05) is 19.1 Å². The molecule has 1 aromatic heterocycles. The summed E-state index contributed by atoms with van der Waals surface area (Å²) in [5.74, 6) is 1.23. The minimum absolute atomic E-state index is 0. The third-order valence-electron chi connectivity index (χ3n) is 4.51. The first-order valence-electron chi connectivity index (χ1n) is 9.31. The fourth-order valence-electron chi connectivity index (χ4n) is 3.08. The Morgan fingerprint density at radius 3 is 2.52 bits per heavy atom. The molecule has 158 valence electrons. The van der Waals surface area contributed by atoms with Crippen LogP contribution in [0.2, 0.25) is 0 Å². The Bertz CT molecular complexity index is 804. The predicted molar refractivity (Wildman–Crippen MR) is 110 cm³/mol. The SMILES string of the molecule is CCOc1cc(CN2CCN(C(=O)c3ccco3)CC2)ccc1OC(=O)NC.Cl. The number of rotatable bonds is 6. The van der Waals surface area contributed by atoms with Crippen molar-refractivity contribution in [2.75, 3.05) is 39.8 Å². The molecule has 0 spiro atoms. The third-order valence-corrected chi connectivity index (χ3v) is 4.51. The van der Waals surface area contributed by atoms with Gasteiger partial charge in [0.2, 0.25) is 0 Å². The van der Waals surface area contributed by atoms with E-state index in [2.05, 4.69) is 10.2 Å². The Morgan fingerprint density at radius 1 is 1.14 bits per heavy atom. The Labute approximate surface area is 176 Å². The van der Waals surface area contributed by atoms with Gasteiger partial charge in [0.1, 0.15) is 0 Å². The maximum atomic E-state index is 12.3. The topological polar surface area (TPSA) is 84.2 Å². The molecule has 0 bridgehead atoms. The number of nitrogens with one attached hydrogen (secondary N) is 1. The van der Waals surface area contributed by atoms with E-state index < -0.39 is 6.09 Å². The van der Waals surface area contributed by atoms with Crippen LogP contribution < -0.4 is 14.8 Å². The highest BCUT2D eigenvalue weighted by atomic mass is 35.5. The summed E-state index contributed by atoms with van der Waals surface area (Å²) in [6.07, 6.45) is 0.975. The first kappa shape index (κ1) is 22.6. The van der Waals surface area contributed by atoms with Crippen LogP contribution in [0.4, 0.5) is 4.79 Å². The third kappa shape index (κ3) is 5.88.